The number of methoxy groups -OCH3 is 1. The summed E-state index contributed by atoms with van der Waals surface area (Å²) >= 11 is 6.45. The number of aliphatic hydroxyl groups is 1. The normalized spacial score (nSPS) is 11.7. The first-order valence-corrected chi connectivity index (χ1v) is 13.2. The fourth-order valence-corrected chi connectivity index (χ4v) is 4.91. The predicted octanol–water partition coefficient (Wildman–Crippen LogP) is 2.52. The minimum atomic E-state index is -4.00. The first-order chi connectivity index (χ1) is 17.7. The summed E-state index contributed by atoms with van der Waals surface area (Å²) < 4.78 is 33.2. The maximum atomic E-state index is 12.8. The first kappa shape index (κ1) is 26.5. The van der Waals surface area contributed by atoms with Gasteiger partial charge in [0.05, 0.1) is 35.5 Å². The number of fused-ring (bicyclic) bond motifs is 1. The van der Waals surface area contributed by atoms with Crippen molar-refractivity contribution in [1.82, 2.24) is 30.0 Å². The van der Waals surface area contributed by atoms with Crippen LogP contribution in [0.5, 0.6) is 5.75 Å². The molecule has 0 fully saturated rings. The van der Waals surface area contributed by atoms with Gasteiger partial charge in [-0.15, -0.1) is 0 Å². The van der Waals surface area contributed by atoms with Gasteiger partial charge >= 0.3 is 0 Å². The zero-order chi connectivity index (χ0) is 26.6. The van der Waals surface area contributed by atoms with Gasteiger partial charge in [-0.1, -0.05) is 11.6 Å². The number of H-pyrrole nitrogens is 1. The molecule has 0 saturated heterocycles. The predicted molar refractivity (Wildman–Crippen MR) is 142 cm³/mol. The summed E-state index contributed by atoms with van der Waals surface area (Å²) in [5.74, 6) is 1.35. The molecule has 0 unspecified atom stereocenters. The molecule has 0 bridgehead atoms. The first-order valence-electron chi connectivity index (χ1n) is 11.3. The molecule has 0 amide bonds. The number of ether oxygens (including phenoxy) is 1. The molecule has 12 nitrogen and oxygen atoms in total. The van der Waals surface area contributed by atoms with Crippen molar-refractivity contribution in [2.45, 2.75) is 11.9 Å². The van der Waals surface area contributed by atoms with Crippen LogP contribution in [0.1, 0.15) is 5.69 Å². The van der Waals surface area contributed by atoms with Crippen molar-refractivity contribution < 1.29 is 18.3 Å². The Morgan fingerprint density at radius 2 is 2.00 bits per heavy atom. The average Bonchev–Trinajstić information content (AvgIpc) is 3.26. The van der Waals surface area contributed by atoms with E-state index in [2.05, 4.69) is 35.2 Å². The number of benzene rings is 1. The number of aromatic nitrogens is 5. The number of aromatic amines is 1. The van der Waals surface area contributed by atoms with E-state index >= 15 is 0 Å². The monoisotopic (exact) mass is 546 g/mol. The largest absolute Gasteiger partial charge is 0.497 e. The standard InChI is InChI=1S/C23H27ClN8O4S/c1-14-20-22(26-8-9-32(2)10-11-33)27-21(28-23(20)30-29-14)15-4-5-18(17(24)12-15)31-37(34,35)19-13-16(36-3)6-7-25-19/h4-7,12-13,31,33H,8-11H2,1-3H3,(H2,26,27,28,29,30). The highest BCUT2D eigenvalue weighted by Gasteiger charge is 2.20. The van der Waals surface area contributed by atoms with Crippen molar-refractivity contribution in [3.8, 4) is 17.1 Å². The molecule has 0 spiro atoms. The number of hydrogen-bond donors (Lipinski definition) is 4. The van der Waals surface area contributed by atoms with Crippen molar-refractivity contribution in [3.63, 3.8) is 0 Å². The van der Waals surface area contributed by atoms with Crippen molar-refractivity contribution in [2.75, 3.05) is 50.4 Å². The van der Waals surface area contributed by atoms with E-state index in [1.54, 1.807) is 18.2 Å². The van der Waals surface area contributed by atoms with Crippen LogP contribution in [0.3, 0.4) is 0 Å². The Bertz CT molecular complexity index is 1510. The fraction of sp³-hybridized carbons (Fsp3) is 0.304. The van der Waals surface area contributed by atoms with E-state index in [1.807, 2.05) is 18.9 Å². The van der Waals surface area contributed by atoms with Gasteiger partial charge in [-0.3, -0.25) is 9.82 Å². The molecule has 37 heavy (non-hydrogen) atoms. The van der Waals surface area contributed by atoms with Crippen LogP contribution in [-0.4, -0.2) is 84.0 Å². The highest BCUT2D eigenvalue weighted by atomic mass is 35.5. The van der Waals surface area contributed by atoms with Gasteiger partial charge in [0.25, 0.3) is 10.0 Å². The molecule has 4 N–H and O–H groups in total. The second kappa shape index (κ2) is 11.3. The quantitative estimate of drug-likeness (QED) is 0.220. The van der Waals surface area contributed by atoms with E-state index in [1.165, 1.54) is 25.4 Å². The van der Waals surface area contributed by atoms with Crippen LogP contribution >= 0.6 is 11.6 Å². The topological polar surface area (TPSA) is 158 Å². The average molecular weight is 547 g/mol. The number of anilines is 2. The Labute approximate surface area is 219 Å². The maximum Gasteiger partial charge on any atom is 0.279 e. The van der Waals surface area contributed by atoms with Gasteiger partial charge in [-0.25, -0.2) is 15.0 Å². The second-order valence-corrected chi connectivity index (χ2v) is 10.3. The van der Waals surface area contributed by atoms with Gasteiger partial charge in [-0.2, -0.15) is 13.5 Å². The smallest absolute Gasteiger partial charge is 0.279 e. The van der Waals surface area contributed by atoms with Crippen LogP contribution in [0.15, 0.2) is 41.6 Å². The molecule has 0 atom stereocenters. The molecular weight excluding hydrogens is 520 g/mol. The summed E-state index contributed by atoms with van der Waals surface area (Å²) in [6.07, 6.45) is 1.35. The number of sulfonamides is 1. The minimum absolute atomic E-state index is 0.0855. The van der Waals surface area contributed by atoms with E-state index in [0.29, 0.717) is 48.2 Å². The van der Waals surface area contributed by atoms with Gasteiger partial charge in [0.1, 0.15) is 11.6 Å². The van der Waals surface area contributed by atoms with Crippen LogP contribution in [0.4, 0.5) is 11.5 Å². The highest BCUT2D eigenvalue weighted by molar-refractivity contribution is 7.92. The van der Waals surface area contributed by atoms with E-state index < -0.39 is 10.0 Å². The summed E-state index contributed by atoms with van der Waals surface area (Å²) in [5.41, 5.74) is 2.07. The van der Waals surface area contributed by atoms with Gasteiger partial charge in [0, 0.05) is 37.5 Å². The third-order valence-corrected chi connectivity index (χ3v) is 7.13. The molecule has 4 aromatic rings. The molecule has 14 heteroatoms. The summed E-state index contributed by atoms with van der Waals surface area (Å²) in [7, 11) is -0.639. The molecule has 3 aromatic heterocycles. The number of nitrogens with one attached hydrogen (secondary N) is 3. The van der Waals surface area contributed by atoms with Gasteiger partial charge in [0.15, 0.2) is 16.5 Å². The second-order valence-electron chi connectivity index (χ2n) is 8.22. The number of aryl methyl sites for hydroxylation is 1. The van der Waals surface area contributed by atoms with Crippen LogP contribution in [0, 0.1) is 6.92 Å². The number of aliphatic hydroxyl groups excluding tert-OH is 1. The van der Waals surface area contributed by atoms with E-state index in [0.717, 1.165) is 11.1 Å². The Hall–Kier alpha value is -3.52. The SMILES string of the molecule is COc1ccnc(S(=O)(=O)Nc2ccc(-c3nc(NCCN(C)CCO)c4c(C)n[nH]c4n3)cc2Cl)c1. The molecule has 0 aliphatic rings. The third-order valence-electron chi connectivity index (χ3n) is 5.56. The molecule has 196 valence electrons. The van der Waals surface area contributed by atoms with Crippen molar-refractivity contribution >= 4 is 44.2 Å². The summed E-state index contributed by atoms with van der Waals surface area (Å²) in [5, 5.41) is 20.3. The number of nitrogens with zero attached hydrogens (tertiary/aromatic N) is 5. The van der Waals surface area contributed by atoms with Crippen LogP contribution < -0.4 is 14.8 Å². The fourth-order valence-electron chi connectivity index (χ4n) is 3.58. The molecular formula is C23H27ClN8O4S. The number of rotatable bonds is 11. The van der Waals surface area contributed by atoms with Crippen molar-refractivity contribution in [2.24, 2.45) is 0 Å². The lowest BCUT2D eigenvalue weighted by Crippen LogP contribution is -2.28. The van der Waals surface area contributed by atoms with Crippen molar-refractivity contribution in [1.29, 1.82) is 0 Å². The van der Waals surface area contributed by atoms with Gasteiger partial charge in [-0.05, 0) is 38.2 Å². The Balaban J connectivity index is 1.60. The Morgan fingerprint density at radius 1 is 1.19 bits per heavy atom. The van der Waals surface area contributed by atoms with Crippen molar-refractivity contribution in [3.05, 3.63) is 47.2 Å². The van der Waals surface area contributed by atoms with Gasteiger partial charge < -0.3 is 20.1 Å². The lowest BCUT2D eigenvalue weighted by molar-refractivity contribution is 0.225. The van der Waals surface area contributed by atoms with E-state index in [4.69, 9.17) is 21.4 Å². The Kier molecular flexibility index (Phi) is 8.07. The molecule has 1 aromatic carbocycles. The number of likely N-dealkylation sites (N-methyl/N-ethyl adjacent to an activating group) is 1. The summed E-state index contributed by atoms with van der Waals surface area (Å²) in [4.78, 5) is 15.2. The van der Waals surface area contributed by atoms with Crippen LogP contribution in [0.25, 0.3) is 22.4 Å². The molecule has 3 heterocycles. The van der Waals surface area contributed by atoms with Gasteiger partial charge in [0.2, 0.25) is 0 Å². The molecule has 0 aliphatic heterocycles. The summed E-state index contributed by atoms with van der Waals surface area (Å²) in [6.45, 7) is 3.80. The Morgan fingerprint density at radius 3 is 2.73 bits per heavy atom. The molecule has 0 saturated carbocycles. The lowest BCUT2D eigenvalue weighted by atomic mass is 10.2. The zero-order valence-electron chi connectivity index (χ0n) is 20.5. The number of halogens is 1. The van der Waals surface area contributed by atoms with E-state index in [9.17, 15) is 8.42 Å². The minimum Gasteiger partial charge on any atom is -0.497 e. The maximum absolute atomic E-state index is 12.8. The molecule has 0 radical (unpaired) electrons. The summed E-state index contributed by atoms with van der Waals surface area (Å²) in [6, 6.07) is 7.66. The number of pyridine rings is 1. The van der Waals surface area contributed by atoms with E-state index in [-0.39, 0.29) is 22.3 Å². The van der Waals surface area contributed by atoms with Crippen LogP contribution in [0.2, 0.25) is 5.02 Å². The molecule has 4 rings (SSSR count). The lowest BCUT2D eigenvalue weighted by Gasteiger charge is -2.16. The highest BCUT2D eigenvalue weighted by Crippen LogP contribution is 2.31. The number of hydrogen-bond acceptors (Lipinski definition) is 10. The van der Waals surface area contributed by atoms with Crippen LogP contribution in [-0.2, 0) is 10.0 Å². The third kappa shape index (κ3) is 6.07. The zero-order valence-corrected chi connectivity index (χ0v) is 22.1. The molecule has 0 aliphatic carbocycles.